The van der Waals surface area contributed by atoms with Gasteiger partial charge < -0.3 is 10.1 Å². The predicted octanol–water partition coefficient (Wildman–Crippen LogP) is 2.76. The average molecular weight is 241 g/mol. The van der Waals surface area contributed by atoms with E-state index in [1.54, 1.807) is 0 Å². The Hall–Kier alpha value is -1.87. The number of allylic oxidation sites excluding steroid dienone is 1. The van der Waals surface area contributed by atoms with Gasteiger partial charge in [-0.25, -0.2) is 0 Å². The zero-order valence-electron chi connectivity index (χ0n) is 10.3. The van der Waals surface area contributed by atoms with Gasteiger partial charge in [-0.05, 0) is 30.6 Å². The number of fused-ring (bicyclic) bond motifs is 2. The van der Waals surface area contributed by atoms with E-state index in [-0.39, 0.29) is 5.91 Å². The number of hydrogen-bond donors (Lipinski definition) is 1. The molecule has 0 radical (unpaired) electrons. The third kappa shape index (κ3) is 1.25. The Labute approximate surface area is 106 Å². The molecule has 1 amide bonds. The fourth-order valence-corrected chi connectivity index (χ4v) is 2.79. The van der Waals surface area contributed by atoms with Crippen molar-refractivity contribution in [2.45, 2.75) is 18.9 Å². The number of carbonyl (C=O) groups excluding carboxylic acids is 1. The molecule has 0 aliphatic carbocycles. The van der Waals surface area contributed by atoms with E-state index < -0.39 is 5.60 Å². The monoisotopic (exact) mass is 241 g/mol. The summed E-state index contributed by atoms with van der Waals surface area (Å²) in [5, 5.41) is 2.90. The summed E-state index contributed by atoms with van der Waals surface area (Å²) in [6.07, 6.45) is 2.61. The number of anilines is 1. The minimum absolute atomic E-state index is 0.0831. The van der Waals surface area contributed by atoms with Crippen molar-refractivity contribution in [1.29, 1.82) is 0 Å². The van der Waals surface area contributed by atoms with Crippen LogP contribution >= 0.6 is 0 Å². The van der Waals surface area contributed by atoms with Crippen LogP contribution in [-0.4, -0.2) is 12.5 Å². The first-order valence-electron chi connectivity index (χ1n) is 6.05. The van der Waals surface area contributed by atoms with Crippen molar-refractivity contribution in [3.05, 3.63) is 53.6 Å². The topological polar surface area (TPSA) is 38.3 Å². The second kappa shape index (κ2) is 3.82. The summed E-state index contributed by atoms with van der Waals surface area (Å²) in [6.45, 7) is 6.23. The van der Waals surface area contributed by atoms with Crippen molar-refractivity contribution < 1.29 is 9.53 Å². The molecule has 0 saturated heterocycles. The zero-order chi connectivity index (χ0) is 12.8. The fourth-order valence-electron chi connectivity index (χ4n) is 2.79. The van der Waals surface area contributed by atoms with Crippen molar-refractivity contribution in [1.82, 2.24) is 0 Å². The molecule has 3 nitrogen and oxygen atoms in total. The highest BCUT2D eigenvalue weighted by Crippen LogP contribution is 2.48. The normalized spacial score (nSPS) is 25.5. The number of rotatable bonds is 2. The summed E-state index contributed by atoms with van der Waals surface area (Å²) in [6, 6.07) is 7.71. The van der Waals surface area contributed by atoms with Gasteiger partial charge in [0.1, 0.15) is 0 Å². The lowest BCUT2D eigenvalue weighted by molar-refractivity contribution is -0.133. The van der Waals surface area contributed by atoms with Crippen molar-refractivity contribution in [3.8, 4) is 0 Å². The molecule has 18 heavy (non-hydrogen) atoms. The number of para-hydroxylation sites is 1. The molecular formula is C15H15NO2. The molecule has 2 heterocycles. The smallest absolute Gasteiger partial charge is 0.265 e. The predicted molar refractivity (Wildman–Crippen MR) is 70.2 cm³/mol. The van der Waals surface area contributed by atoms with Gasteiger partial charge in [0, 0.05) is 11.3 Å². The Morgan fingerprint density at radius 1 is 1.50 bits per heavy atom. The lowest BCUT2D eigenvalue weighted by Crippen LogP contribution is -2.35. The van der Waals surface area contributed by atoms with Crippen molar-refractivity contribution >= 4 is 11.6 Å². The van der Waals surface area contributed by atoms with E-state index in [0.29, 0.717) is 6.61 Å². The molecule has 0 fully saturated rings. The van der Waals surface area contributed by atoms with Gasteiger partial charge in [0.25, 0.3) is 5.91 Å². The molecule has 1 atom stereocenters. The highest BCUT2D eigenvalue weighted by molar-refractivity contribution is 6.07. The molecule has 1 aromatic rings. The van der Waals surface area contributed by atoms with Crippen LogP contribution in [0.25, 0.3) is 0 Å². The van der Waals surface area contributed by atoms with Gasteiger partial charge in [-0.2, -0.15) is 0 Å². The molecular weight excluding hydrogens is 226 g/mol. The van der Waals surface area contributed by atoms with Crippen LogP contribution < -0.4 is 5.32 Å². The van der Waals surface area contributed by atoms with Crippen LogP contribution in [0.3, 0.4) is 0 Å². The summed E-state index contributed by atoms with van der Waals surface area (Å²) in [5.74, 6) is -0.0831. The van der Waals surface area contributed by atoms with E-state index in [9.17, 15) is 4.79 Å². The third-order valence-corrected chi connectivity index (χ3v) is 3.79. The second-order valence-corrected chi connectivity index (χ2v) is 4.69. The summed E-state index contributed by atoms with van der Waals surface area (Å²) in [7, 11) is 0. The Kier molecular flexibility index (Phi) is 2.38. The molecule has 1 spiro atoms. The minimum atomic E-state index is -0.908. The van der Waals surface area contributed by atoms with Crippen LogP contribution in [0.5, 0.6) is 0 Å². The molecule has 2 aliphatic heterocycles. The van der Waals surface area contributed by atoms with Gasteiger partial charge in [0.2, 0.25) is 0 Å². The fraction of sp³-hybridized carbons (Fsp3) is 0.267. The van der Waals surface area contributed by atoms with E-state index in [0.717, 1.165) is 28.8 Å². The van der Waals surface area contributed by atoms with Crippen LogP contribution in [0.1, 0.15) is 18.9 Å². The molecule has 0 aromatic heterocycles. The van der Waals surface area contributed by atoms with E-state index in [4.69, 9.17) is 4.74 Å². The lowest BCUT2D eigenvalue weighted by atomic mass is 9.86. The summed E-state index contributed by atoms with van der Waals surface area (Å²) in [5.41, 5.74) is 3.02. The Bertz CT molecular complexity index is 574. The van der Waals surface area contributed by atoms with E-state index >= 15 is 0 Å². The van der Waals surface area contributed by atoms with Gasteiger partial charge >= 0.3 is 0 Å². The Morgan fingerprint density at radius 2 is 2.28 bits per heavy atom. The first-order chi connectivity index (χ1) is 8.70. The van der Waals surface area contributed by atoms with Crippen LogP contribution in [0.2, 0.25) is 0 Å². The second-order valence-electron chi connectivity index (χ2n) is 4.69. The summed E-state index contributed by atoms with van der Waals surface area (Å²) in [4.78, 5) is 12.3. The lowest BCUT2D eigenvalue weighted by Gasteiger charge is -2.23. The van der Waals surface area contributed by atoms with Crippen LogP contribution in [-0.2, 0) is 15.1 Å². The van der Waals surface area contributed by atoms with Crippen molar-refractivity contribution in [2.75, 3.05) is 11.9 Å². The van der Waals surface area contributed by atoms with Gasteiger partial charge in [-0.15, -0.1) is 6.58 Å². The molecule has 3 heteroatoms. The number of carbonyl (C=O) groups is 1. The quantitative estimate of drug-likeness (QED) is 0.808. The molecule has 1 unspecified atom stereocenters. The van der Waals surface area contributed by atoms with Crippen LogP contribution in [0.4, 0.5) is 5.69 Å². The van der Waals surface area contributed by atoms with Crippen molar-refractivity contribution in [3.63, 3.8) is 0 Å². The number of amides is 1. The molecule has 2 aliphatic rings. The summed E-state index contributed by atoms with van der Waals surface area (Å²) < 4.78 is 5.88. The highest BCUT2D eigenvalue weighted by Gasteiger charge is 2.52. The molecule has 3 rings (SSSR count). The molecule has 0 saturated carbocycles. The Balaban J connectivity index is 2.17. The average Bonchev–Trinajstić information content (AvgIpc) is 2.84. The minimum Gasteiger partial charge on any atom is -0.352 e. The molecule has 1 N–H and O–H groups in total. The van der Waals surface area contributed by atoms with Gasteiger partial charge in [0.15, 0.2) is 5.60 Å². The zero-order valence-corrected chi connectivity index (χ0v) is 10.3. The van der Waals surface area contributed by atoms with E-state index in [1.165, 1.54) is 0 Å². The van der Waals surface area contributed by atoms with Crippen molar-refractivity contribution in [2.24, 2.45) is 0 Å². The van der Waals surface area contributed by atoms with Crippen LogP contribution in [0, 0.1) is 0 Å². The standard InChI is InChI=1S/C15H15NO2/c1-3-6-11-9-18-15(10(11)2)12-7-4-5-8-13(12)16-14(15)17/h3-5,7-8H,1,6,9H2,2H3,(H,16,17). The maximum atomic E-state index is 12.3. The number of ether oxygens (including phenoxy) is 1. The van der Waals surface area contributed by atoms with Gasteiger partial charge in [-0.1, -0.05) is 24.3 Å². The SMILES string of the molecule is C=CCC1=C(C)C2(OC1)C(=O)Nc1ccccc12. The maximum absolute atomic E-state index is 12.3. The molecule has 92 valence electrons. The highest BCUT2D eigenvalue weighted by atomic mass is 16.5. The molecule has 0 bridgehead atoms. The number of hydrogen-bond acceptors (Lipinski definition) is 2. The number of benzene rings is 1. The first-order valence-corrected chi connectivity index (χ1v) is 6.05. The van der Waals surface area contributed by atoms with E-state index in [2.05, 4.69) is 11.9 Å². The van der Waals surface area contributed by atoms with Gasteiger partial charge in [0.05, 0.1) is 6.61 Å². The third-order valence-electron chi connectivity index (χ3n) is 3.79. The maximum Gasteiger partial charge on any atom is 0.265 e. The number of nitrogens with one attached hydrogen (secondary N) is 1. The Morgan fingerprint density at radius 3 is 3.06 bits per heavy atom. The summed E-state index contributed by atoms with van der Waals surface area (Å²) >= 11 is 0. The van der Waals surface area contributed by atoms with Crippen LogP contribution in [0.15, 0.2) is 48.1 Å². The van der Waals surface area contributed by atoms with E-state index in [1.807, 2.05) is 37.3 Å². The molecule has 1 aromatic carbocycles. The largest absolute Gasteiger partial charge is 0.352 e. The van der Waals surface area contributed by atoms with Gasteiger partial charge in [-0.3, -0.25) is 4.79 Å². The first kappa shape index (κ1) is 11.2.